The maximum absolute atomic E-state index is 5.66. The fraction of sp³-hybridized carbons (Fsp3) is 0.667. The van der Waals surface area contributed by atoms with Crippen molar-refractivity contribution in [3.8, 4) is 0 Å². The van der Waals surface area contributed by atoms with Gasteiger partial charge >= 0.3 is 0 Å². The first-order chi connectivity index (χ1) is 6.58. The molecule has 0 fully saturated rings. The zero-order valence-electron chi connectivity index (χ0n) is 8.86. The van der Waals surface area contributed by atoms with Crippen LogP contribution < -0.4 is 5.73 Å². The third-order valence-electron chi connectivity index (χ3n) is 1.54. The van der Waals surface area contributed by atoms with Gasteiger partial charge in [-0.3, -0.25) is 0 Å². The van der Waals surface area contributed by atoms with Crippen LogP contribution in [0.15, 0.2) is 5.38 Å². The molecular formula is C9H17N3S2. The molecule has 0 saturated heterocycles. The zero-order chi connectivity index (χ0) is 10.6. The van der Waals surface area contributed by atoms with Crippen LogP contribution in [0.2, 0.25) is 0 Å². The Bertz CT molecular complexity index is 271. The van der Waals surface area contributed by atoms with E-state index in [0.717, 1.165) is 18.0 Å². The van der Waals surface area contributed by atoms with Crippen molar-refractivity contribution in [2.24, 2.45) is 5.73 Å². The Hall–Kier alpha value is -0.100. The monoisotopic (exact) mass is 231 g/mol. The molecule has 0 aliphatic rings. The molecule has 0 bridgehead atoms. The molecule has 0 radical (unpaired) electrons. The van der Waals surface area contributed by atoms with Gasteiger partial charge in [-0.2, -0.15) is 0 Å². The molecule has 1 aromatic rings. The molecule has 0 aliphatic heterocycles. The molecule has 0 aliphatic carbocycles. The van der Waals surface area contributed by atoms with Crippen LogP contribution in [0, 0.1) is 0 Å². The van der Waals surface area contributed by atoms with Crippen molar-refractivity contribution in [2.45, 2.75) is 24.6 Å². The van der Waals surface area contributed by atoms with E-state index in [1.165, 1.54) is 5.01 Å². The molecule has 0 saturated carbocycles. The van der Waals surface area contributed by atoms with E-state index < -0.39 is 0 Å². The molecule has 5 heteroatoms. The van der Waals surface area contributed by atoms with Crippen LogP contribution in [-0.4, -0.2) is 29.4 Å². The summed E-state index contributed by atoms with van der Waals surface area (Å²) in [5, 5.41) is 3.48. The van der Waals surface area contributed by atoms with E-state index in [4.69, 9.17) is 5.73 Å². The summed E-state index contributed by atoms with van der Waals surface area (Å²) in [6.07, 6.45) is 0. The Morgan fingerprint density at radius 3 is 2.93 bits per heavy atom. The molecule has 0 amide bonds. The van der Waals surface area contributed by atoms with Crippen LogP contribution in [0.1, 0.15) is 17.6 Å². The second-order valence-electron chi connectivity index (χ2n) is 3.49. The van der Waals surface area contributed by atoms with Gasteiger partial charge in [0.15, 0.2) is 0 Å². The van der Waals surface area contributed by atoms with Gasteiger partial charge in [0, 0.05) is 23.1 Å². The third kappa shape index (κ3) is 4.41. The van der Waals surface area contributed by atoms with E-state index in [0.29, 0.717) is 0 Å². The molecule has 3 nitrogen and oxygen atoms in total. The summed E-state index contributed by atoms with van der Waals surface area (Å²) in [5.74, 6) is 0.918. The molecule has 0 aromatic carbocycles. The summed E-state index contributed by atoms with van der Waals surface area (Å²) in [5.41, 5.74) is 6.81. The lowest BCUT2D eigenvalue weighted by atomic mass is 10.5. The summed E-state index contributed by atoms with van der Waals surface area (Å²) in [6.45, 7) is 2.92. The first-order valence-corrected chi connectivity index (χ1v) is 6.46. The lowest BCUT2D eigenvalue weighted by Gasteiger charge is -2.05. The Balaban J connectivity index is 2.42. The molecule has 14 heavy (non-hydrogen) atoms. The van der Waals surface area contributed by atoms with Gasteiger partial charge in [0.2, 0.25) is 0 Å². The van der Waals surface area contributed by atoms with Crippen molar-refractivity contribution < 1.29 is 0 Å². The second-order valence-corrected chi connectivity index (χ2v) is 5.79. The van der Waals surface area contributed by atoms with Crippen LogP contribution >= 0.6 is 23.1 Å². The van der Waals surface area contributed by atoms with Crippen molar-refractivity contribution in [3.05, 3.63) is 16.1 Å². The van der Waals surface area contributed by atoms with Gasteiger partial charge in [0.25, 0.3) is 0 Å². The maximum Gasteiger partial charge on any atom is 0.107 e. The summed E-state index contributed by atoms with van der Waals surface area (Å²) >= 11 is 3.45. The van der Waals surface area contributed by atoms with Crippen LogP contribution in [0.5, 0.6) is 0 Å². The largest absolute Gasteiger partial charge is 0.320 e. The highest BCUT2D eigenvalue weighted by Crippen LogP contribution is 2.17. The molecule has 1 aromatic heterocycles. The quantitative estimate of drug-likeness (QED) is 0.784. The SMILES string of the molecule is CC(N)SCc1csc(CN(C)C)n1. The van der Waals surface area contributed by atoms with Crippen LogP contribution in [0.25, 0.3) is 0 Å². The Morgan fingerprint density at radius 1 is 1.64 bits per heavy atom. The fourth-order valence-corrected chi connectivity index (χ4v) is 2.57. The highest BCUT2D eigenvalue weighted by Gasteiger charge is 2.04. The first-order valence-electron chi connectivity index (χ1n) is 4.53. The standard InChI is InChI=1S/C9H17N3S2/c1-7(10)13-5-8-6-14-9(11-8)4-12(2)3/h6-7H,4-5,10H2,1-3H3. The highest BCUT2D eigenvalue weighted by atomic mass is 32.2. The van der Waals surface area contributed by atoms with Crippen LogP contribution in [0.4, 0.5) is 0 Å². The molecule has 1 atom stereocenters. The number of thioether (sulfide) groups is 1. The topological polar surface area (TPSA) is 42.1 Å². The van der Waals surface area contributed by atoms with Gasteiger partial charge in [-0.15, -0.1) is 23.1 Å². The van der Waals surface area contributed by atoms with E-state index in [9.17, 15) is 0 Å². The minimum atomic E-state index is 0.189. The molecule has 0 spiro atoms. The minimum Gasteiger partial charge on any atom is -0.320 e. The normalized spacial score (nSPS) is 13.5. The van der Waals surface area contributed by atoms with Crippen LogP contribution in [0.3, 0.4) is 0 Å². The average Bonchev–Trinajstić information content (AvgIpc) is 2.47. The van der Waals surface area contributed by atoms with Crippen molar-refractivity contribution in [3.63, 3.8) is 0 Å². The Morgan fingerprint density at radius 2 is 2.36 bits per heavy atom. The molecule has 1 unspecified atom stereocenters. The van der Waals surface area contributed by atoms with Gasteiger partial charge in [-0.05, 0) is 21.0 Å². The van der Waals surface area contributed by atoms with Crippen molar-refractivity contribution >= 4 is 23.1 Å². The fourth-order valence-electron chi connectivity index (χ4n) is 0.975. The number of thiazole rings is 1. The predicted octanol–water partition coefficient (Wildman–Crippen LogP) is 1.74. The Labute approximate surface area is 93.7 Å². The number of hydrogen-bond acceptors (Lipinski definition) is 5. The van der Waals surface area contributed by atoms with E-state index in [-0.39, 0.29) is 5.37 Å². The maximum atomic E-state index is 5.66. The van der Waals surface area contributed by atoms with E-state index >= 15 is 0 Å². The smallest absolute Gasteiger partial charge is 0.107 e. The second kappa shape index (κ2) is 5.70. The minimum absolute atomic E-state index is 0.189. The van der Waals surface area contributed by atoms with Gasteiger partial charge < -0.3 is 10.6 Å². The van der Waals surface area contributed by atoms with Crippen molar-refractivity contribution in [1.29, 1.82) is 0 Å². The molecule has 2 N–H and O–H groups in total. The summed E-state index contributed by atoms with van der Waals surface area (Å²) < 4.78 is 0. The average molecular weight is 231 g/mol. The zero-order valence-corrected chi connectivity index (χ0v) is 10.5. The number of nitrogens with two attached hydrogens (primary N) is 1. The predicted molar refractivity (Wildman–Crippen MR) is 64.4 cm³/mol. The van der Waals surface area contributed by atoms with Gasteiger partial charge in [0.05, 0.1) is 5.69 Å². The van der Waals surface area contributed by atoms with E-state index in [2.05, 4.69) is 29.4 Å². The lowest BCUT2D eigenvalue weighted by molar-refractivity contribution is 0.401. The molecule has 1 heterocycles. The number of hydrogen-bond donors (Lipinski definition) is 1. The van der Waals surface area contributed by atoms with E-state index in [1.807, 2.05) is 6.92 Å². The van der Waals surface area contributed by atoms with Crippen LogP contribution in [-0.2, 0) is 12.3 Å². The van der Waals surface area contributed by atoms with Crippen molar-refractivity contribution in [2.75, 3.05) is 14.1 Å². The lowest BCUT2D eigenvalue weighted by Crippen LogP contribution is -2.11. The van der Waals surface area contributed by atoms with Crippen molar-refractivity contribution in [1.82, 2.24) is 9.88 Å². The summed E-state index contributed by atoms with van der Waals surface area (Å²) in [4.78, 5) is 6.65. The van der Waals surface area contributed by atoms with Gasteiger partial charge in [-0.1, -0.05) is 0 Å². The van der Waals surface area contributed by atoms with E-state index in [1.54, 1.807) is 23.1 Å². The molecule has 80 valence electrons. The number of nitrogens with zero attached hydrogens (tertiary/aromatic N) is 2. The first kappa shape index (κ1) is 12.0. The van der Waals surface area contributed by atoms with Gasteiger partial charge in [-0.25, -0.2) is 4.98 Å². The number of aromatic nitrogens is 1. The Kier molecular flexibility index (Phi) is 4.88. The summed E-state index contributed by atoms with van der Waals surface area (Å²) in [6, 6.07) is 0. The molecule has 1 rings (SSSR count). The van der Waals surface area contributed by atoms with Gasteiger partial charge in [0.1, 0.15) is 5.01 Å². The molecular weight excluding hydrogens is 214 g/mol. The summed E-state index contributed by atoms with van der Waals surface area (Å²) in [7, 11) is 4.11. The highest BCUT2D eigenvalue weighted by molar-refractivity contribution is 7.99. The third-order valence-corrected chi connectivity index (χ3v) is 3.42. The number of rotatable bonds is 5.